The first-order chi connectivity index (χ1) is 8.17. The average Bonchev–Trinajstić information content (AvgIpc) is 2.35. The molecule has 17 heavy (non-hydrogen) atoms. The first-order valence-electron chi connectivity index (χ1n) is 7.20. The van der Waals surface area contributed by atoms with Crippen molar-refractivity contribution >= 4 is 0 Å². The molecule has 0 aromatic heterocycles. The van der Waals surface area contributed by atoms with Crippen LogP contribution < -0.4 is 5.32 Å². The van der Waals surface area contributed by atoms with E-state index < -0.39 is 0 Å². The molecule has 1 rings (SSSR count). The third-order valence-corrected chi connectivity index (χ3v) is 3.63. The average molecular weight is 242 g/mol. The maximum absolute atomic E-state index is 5.40. The second-order valence-corrected chi connectivity index (χ2v) is 5.65. The third kappa shape index (κ3) is 5.84. The van der Waals surface area contributed by atoms with Gasteiger partial charge in [0.15, 0.2) is 0 Å². The van der Waals surface area contributed by atoms with Gasteiger partial charge in [-0.05, 0) is 26.8 Å². The Morgan fingerprint density at radius 1 is 1.12 bits per heavy atom. The van der Waals surface area contributed by atoms with Crippen molar-refractivity contribution in [1.82, 2.24) is 10.2 Å². The van der Waals surface area contributed by atoms with Crippen LogP contribution in [-0.2, 0) is 4.74 Å². The summed E-state index contributed by atoms with van der Waals surface area (Å²) < 4.78 is 5.40. The fraction of sp³-hybridized carbons (Fsp3) is 1.00. The van der Waals surface area contributed by atoms with Crippen LogP contribution in [0.25, 0.3) is 0 Å². The topological polar surface area (TPSA) is 24.5 Å². The standard InChI is InChI=1S/C14H30N2O/c1-4-5-6-7-8-15-13-14(2,3)16-9-11-17-12-10-16/h15H,4-13H2,1-3H3. The van der Waals surface area contributed by atoms with Crippen LogP contribution >= 0.6 is 0 Å². The highest BCUT2D eigenvalue weighted by Gasteiger charge is 2.27. The monoisotopic (exact) mass is 242 g/mol. The number of nitrogens with zero attached hydrogens (tertiary/aromatic N) is 1. The van der Waals surface area contributed by atoms with Crippen molar-refractivity contribution in [2.45, 2.75) is 52.0 Å². The lowest BCUT2D eigenvalue weighted by Crippen LogP contribution is -2.54. The number of unbranched alkanes of at least 4 members (excludes halogenated alkanes) is 3. The number of nitrogens with one attached hydrogen (secondary N) is 1. The highest BCUT2D eigenvalue weighted by atomic mass is 16.5. The number of rotatable bonds is 8. The van der Waals surface area contributed by atoms with Gasteiger partial charge in [-0.2, -0.15) is 0 Å². The zero-order chi connectivity index (χ0) is 12.6. The molecule has 0 saturated carbocycles. The molecule has 1 aliphatic heterocycles. The van der Waals surface area contributed by atoms with Gasteiger partial charge in [0.25, 0.3) is 0 Å². The molecule has 0 unspecified atom stereocenters. The molecule has 0 aliphatic carbocycles. The number of morpholine rings is 1. The highest BCUT2D eigenvalue weighted by molar-refractivity contribution is 4.85. The molecule has 1 aliphatic rings. The van der Waals surface area contributed by atoms with E-state index in [4.69, 9.17) is 4.74 Å². The van der Waals surface area contributed by atoms with Crippen LogP contribution in [0, 0.1) is 0 Å². The van der Waals surface area contributed by atoms with Gasteiger partial charge >= 0.3 is 0 Å². The van der Waals surface area contributed by atoms with Crippen molar-refractivity contribution in [3.05, 3.63) is 0 Å². The molecule has 3 nitrogen and oxygen atoms in total. The van der Waals surface area contributed by atoms with E-state index in [1.807, 2.05) is 0 Å². The Morgan fingerprint density at radius 3 is 2.47 bits per heavy atom. The Bertz CT molecular complexity index is 189. The minimum absolute atomic E-state index is 0.258. The van der Waals surface area contributed by atoms with Crippen LogP contribution in [0.3, 0.4) is 0 Å². The van der Waals surface area contributed by atoms with Crippen LogP contribution in [0.2, 0.25) is 0 Å². The predicted octanol–water partition coefficient (Wildman–Crippen LogP) is 2.27. The third-order valence-electron chi connectivity index (χ3n) is 3.63. The summed E-state index contributed by atoms with van der Waals surface area (Å²) in [6.07, 6.45) is 5.36. The van der Waals surface area contributed by atoms with Crippen LogP contribution in [0.4, 0.5) is 0 Å². The van der Waals surface area contributed by atoms with E-state index in [1.165, 1.54) is 25.7 Å². The fourth-order valence-electron chi connectivity index (χ4n) is 2.35. The second-order valence-electron chi connectivity index (χ2n) is 5.65. The lowest BCUT2D eigenvalue weighted by atomic mass is 10.0. The summed E-state index contributed by atoms with van der Waals surface area (Å²) in [5.74, 6) is 0. The Morgan fingerprint density at radius 2 is 1.82 bits per heavy atom. The van der Waals surface area contributed by atoms with Crippen LogP contribution in [0.15, 0.2) is 0 Å². The number of hydrogen-bond acceptors (Lipinski definition) is 3. The summed E-state index contributed by atoms with van der Waals surface area (Å²) in [5, 5.41) is 3.60. The largest absolute Gasteiger partial charge is 0.379 e. The molecule has 1 fully saturated rings. The Labute approximate surface area is 107 Å². The zero-order valence-corrected chi connectivity index (χ0v) is 11.9. The number of ether oxygens (including phenoxy) is 1. The van der Waals surface area contributed by atoms with Crippen molar-refractivity contribution in [2.24, 2.45) is 0 Å². The Balaban J connectivity index is 2.10. The van der Waals surface area contributed by atoms with E-state index in [1.54, 1.807) is 0 Å². The van der Waals surface area contributed by atoms with Gasteiger partial charge in [0.2, 0.25) is 0 Å². The van der Waals surface area contributed by atoms with Crippen molar-refractivity contribution in [3.8, 4) is 0 Å². The van der Waals surface area contributed by atoms with Crippen LogP contribution in [0.5, 0.6) is 0 Å². The second kappa shape index (κ2) is 8.06. The van der Waals surface area contributed by atoms with Crippen molar-refractivity contribution in [3.63, 3.8) is 0 Å². The molecular formula is C14H30N2O. The van der Waals surface area contributed by atoms with E-state index >= 15 is 0 Å². The SMILES string of the molecule is CCCCCCNCC(C)(C)N1CCOCC1. The van der Waals surface area contributed by atoms with Crippen molar-refractivity contribution < 1.29 is 4.74 Å². The maximum Gasteiger partial charge on any atom is 0.0594 e. The molecule has 0 aromatic rings. The smallest absolute Gasteiger partial charge is 0.0594 e. The van der Waals surface area contributed by atoms with E-state index in [0.717, 1.165) is 39.4 Å². The molecule has 0 amide bonds. The normalized spacial score (nSPS) is 18.5. The molecule has 0 radical (unpaired) electrons. The molecule has 0 atom stereocenters. The Kier molecular flexibility index (Phi) is 7.09. The van der Waals surface area contributed by atoms with Gasteiger partial charge in [0, 0.05) is 25.2 Å². The Hall–Kier alpha value is -0.120. The van der Waals surface area contributed by atoms with Gasteiger partial charge in [-0.25, -0.2) is 0 Å². The molecule has 102 valence electrons. The first kappa shape index (κ1) is 14.9. The van der Waals surface area contributed by atoms with Gasteiger partial charge in [0.1, 0.15) is 0 Å². The lowest BCUT2D eigenvalue weighted by molar-refractivity contribution is -0.00953. The fourth-order valence-corrected chi connectivity index (χ4v) is 2.35. The van der Waals surface area contributed by atoms with Crippen LogP contribution in [0.1, 0.15) is 46.5 Å². The van der Waals surface area contributed by atoms with Gasteiger partial charge in [0.05, 0.1) is 13.2 Å². The lowest BCUT2D eigenvalue weighted by Gasteiger charge is -2.41. The quantitative estimate of drug-likeness (QED) is 0.661. The highest BCUT2D eigenvalue weighted by Crippen LogP contribution is 2.15. The van der Waals surface area contributed by atoms with E-state index in [0.29, 0.717) is 0 Å². The zero-order valence-electron chi connectivity index (χ0n) is 11.9. The summed E-state index contributed by atoms with van der Waals surface area (Å²) in [6.45, 7) is 13.1. The van der Waals surface area contributed by atoms with E-state index in [9.17, 15) is 0 Å². The predicted molar refractivity (Wildman–Crippen MR) is 73.5 cm³/mol. The molecule has 0 bridgehead atoms. The maximum atomic E-state index is 5.40. The van der Waals surface area contributed by atoms with Crippen LogP contribution in [-0.4, -0.2) is 49.8 Å². The van der Waals surface area contributed by atoms with Gasteiger partial charge in [-0.3, -0.25) is 4.90 Å². The van der Waals surface area contributed by atoms with E-state index in [-0.39, 0.29) is 5.54 Å². The summed E-state index contributed by atoms with van der Waals surface area (Å²) in [7, 11) is 0. The molecule has 1 heterocycles. The van der Waals surface area contributed by atoms with Gasteiger partial charge in [-0.1, -0.05) is 26.2 Å². The summed E-state index contributed by atoms with van der Waals surface area (Å²) >= 11 is 0. The molecule has 0 aromatic carbocycles. The number of hydrogen-bond donors (Lipinski definition) is 1. The van der Waals surface area contributed by atoms with E-state index in [2.05, 4.69) is 31.0 Å². The summed E-state index contributed by atoms with van der Waals surface area (Å²) in [5.41, 5.74) is 0.258. The van der Waals surface area contributed by atoms with Crippen molar-refractivity contribution in [2.75, 3.05) is 39.4 Å². The minimum atomic E-state index is 0.258. The first-order valence-corrected chi connectivity index (χ1v) is 7.20. The molecular weight excluding hydrogens is 212 g/mol. The summed E-state index contributed by atoms with van der Waals surface area (Å²) in [4.78, 5) is 2.54. The molecule has 1 N–H and O–H groups in total. The van der Waals surface area contributed by atoms with Gasteiger partial charge in [-0.15, -0.1) is 0 Å². The molecule has 0 spiro atoms. The van der Waals surface area contributed by atoms with Gasteiger partial charge < -0.3 is 10.1 Å². The minimum Gasteiger partial charge on any atom is -0.379 e. The summed E-state index contributed by atoms with van der Waals surface area (Å²) in [6, 6.07) is 0. The van der Waals surface area contributed by atoms with Crippen molar-refractivity contribution in [1.29, 1.82) is 0 Å². The molecule has 3 heteroatoms. The molecule has 1 saturated heterocycles.